The fraction of sp³-hybridized carbons (Fsp3) is 0.118. The summed E-state index contributed by atoms with van der Waals surface area (Å²) in [6, 6.07) is 9.91. The molecule has 3 aromatic rings. The molecule has 0 aliphatic heterocycles. The normalized spacial score (nSPS) is 12.5. The quantitative estimate of drug-likeness (QED) is 0.317. The van der Waals surface area contributed by atoms with Crippen molar-refractivity contribution < 1.29 is 21.9 Å². The number of sulfonamides is 2. The van der Waals surface area contributed by atoms with Gasteiger partial charge in [0.1, 0.15) is 4.90 Å². The lowest BCUT2D eigenvalue weighted by Crippen LogP contribution is -2.16. The van der Waals surface area contributed by atoms with Crippen LogP contribution in [-0.4, -0.2) is 31.6 Å². The third-order valence-corrected chi connectivity index (χ3v) is 6.37. The third kappa shape index (κ3) is 4.72. The fourth-order valence-corrected chi connectivity index (χ4v) is 4.34. The number of aryl methyl sites for hydroxylation is 1. The zero-order valence-corrected chi connectivity index (χ0v) is 18.5. The maximum atomic E-state index is 11.7. The molecule has 1 heterocycles. The molecule has 3 rings (SSSR count). The number of rotatable bonds is 5. The molecular formula is C17H18N6O5S3. The second-order valence-electron chi connectivity index (χ2n) is 6.31. The van der Waals surface area contributed by atoms with Gasteiger partial charge in [-0.2, -0.15) is 0 Å². The van der Waals surface area contributed by atoms with E-state index in [0.29, 0.717) is 17.4 Å². The van der Waals surface area contributed by atoms with Gasteiger partial charge in [0.25, 0.3) is 0 Å². The molecule has 6 N–H and O–H groups in total. The number of nitrogens with zero attached hydrogens (tertiary/aromatic N) is 3. The molecule has 164 valence electrons. The molecule has 0 amide bonds. The maximum absolute atomic E-state index is 11.7. The van der Waals surface area contributed by atoms with Gasteiger partial charge in [0.15, 0.2) is 5.69 Å². The molecule has 0 aliphatic rings. The smallest absolute Gasteiger partial charge is 0.240 e. The Morgan fingerprint density at radius 2 is 1.81 bits per heavy atom. The third-order valence-electron chi connectivity index (χ3n) is 4.30. The highest BCUT2D eigenvalue weighted by Gasteiger charge is 2.19. The summed E-state index contributed by atoms with van der Waals surface area (Å²) in [5.41, 5.74) is 0.594. The number of fused-ring (bicyclic) bond motifs is 1. The number of para-hydroxylation sites is 1. The van der Waals surface area contributed by atoms with Gasteiger partial charge in [0.05, 0.1) is 16.1 Å². The van der Waals surface area contributed by atoms with Crippen LogP contribution in [0.1, 0.15) is 6.92 Å². The summed E-state index contributed by atoms with van der Waals surface area (Å²) >= 11 is 5.09. The highest BCUT2D eigenvalue weighted by atomic mass is 32.2. The van der Waals surface area contributed by atoms with E-state index in [4.69, 9.17) is 22.5 Å². The van der Waals surface area contributed by atoms with Crippen LogP contribution in [0.2, 0.25) is 0 Å². The van der Waals surface area contributed by atoms with E-state index in [9.17, 15) is 21.9 Å². The van der Waals surface area contributed by atoms with Crippen LogP contribution in [0.25, 0.3) is 10.9 Å². The number of thiocarbonyl (C=S) groups is 1. The van der Waals surface area contributed by atoms with Gasteiger partial charge in [-0.15, -0.1) is 10.2 Å². The molecule has 0 fully saturated rings. The minimum atomic E-state index is -4.01. The van der Waals surface area contributed by atoms with Crippen LogP contribution in [-0.2, 0) is 26.6 Å². The van der Waals surface area contributed by atoms with Gasteiger partial charge >= 0.3 is 0 Å². The van der Waals surface area contributed by atoms with Crippen molar-refractivity contribution in [2.45, 2.75) is 23.3 Å². The lowest BCUT2D eigenvalue weighted by Gasteiger charge is -2.08. The van der Waals surface area contributed by atoms with Crippen molar-refractivity contribution in [3.63, 3.8) is 0 Å². The maximum Gasteiger partial charge on any atom is 0.240 e. The summed E-state index contributed by atoms with van der Waals surface area (Å²) in [4.78, 5) is -0.344. The number of aromatic nitrogens is 1. The summed E-state index contributed by atoms with van der Waals surface area (Å²) < 4.78 is 48.3. The van der Waals surface area contributed by atoms with Crippen LogP contribution >= 0.6 is 12.2 Å². The van der Waals surface area contributed by atoms with Gasteiger partial charge in [0.2, 0.25) is 31.0 Å². The SMILES string of the molecule is CCn1c(O)c(N=NC(=S)Nc2ccccc2S(N)(=O)=O)c2cc(S(N)(=O)=O)ccc21. The second kappa shape index (κ2) is 8.32. The largest absolute Gasteiger partial charge is 0.493 e. The van der Waals surface area contributed by atoms with Gasteiger partial charge in [-0.1, -0.05) is 12.1 Å². The standard InChI is InChI=1S/C17H18N6O5S3/c1-2-23-13-8-7-10(30(18,25)26)9-11(13)15(16(23)24)21-22-17(29)20-12-5-3-4-6-14(12)31(19,27)28/h3-9,24H,2H2,1H3,(H,20,29)(H2,18,25,26)(H2,19,27,28). The average Bonchev–Trinajstić information content (AvgIpc) is 2.95. The Morgan fingerprint density at radius 1 is 1.13 bits per heavy atom. The minimum absolute atomic E-state index is 0.0220. The molecule has 0 aliphatic carbocycles. The number of anilines is 1. The van der Waals surface area contributed by atoms with Crippen molar-refractivity contribution in [1.82, 2.24) is 4.57 Å². The van der Waals surface area contributed by atoms with Gasteiger partial charge in [0, 0.05) is 11.9 Å². The molecule has 14 heteroatoms. The summed E-state index contributed by atoms with van der Waals surface area (Å²) in [5, 5.41) is 31.4. The van der Waals surface area contributed by atoms with Gasteiger partial charge in [-0.3, -0.25) is 0 Å². The zero-order valence-electron chi connectivity index (χ0n) is 16.0. The van der Waals surface area contributed by atoms with Gasteiger partial charge in [-0.05, 0) is 49.5 Å². The van der Waals surface area contributed by atoms with Crippen LogP contribution in [0.3, 0.4) is 0 Å². The average molecular weight is 483 g/mol. The molecule has 0 bridgehead atoms. The highest BCUT2D eigenvalue weighted by Crippen LogP contribution is 2.39. The topological polar surface area (TPSA) is 182 Å². The van der Waals surface area contributed by atoms with Crippen molar-refractivity contribution in [2.24, 2.45) is 20.5 Å². The summed E-state index contributed by atoms with van der Waals surface area (Å²) in [5.74, 6) is -0.249. The van der Waals surface area contributed by atoms with Crippen LogP contribution in [0.4, 0.5) is 11.4 Å². The molecular weight excluding hydrogens is 464 g/mol. The van der Waals surface area contributed by atoms with Crippen LogP contribution in [0.15, 0.2) is 62.5 Å². The number of nitrogens with one attached hydrogen (secondary N) is 1. The van der Waals surface area contributed by atoms with E-state index in [2.05, 4.69) is 15.5 Å². The highest BCUT2D eigenvalue weighted by molar-refractivity contribution is 7.89. The molecule has 31 heavy (non-hydrogen) atoms. The van der Waals surface area contributed by atoms with E-state index < -0.39 is 20.0 Å². The van der Waals surface area contributed by atoms with Crippen molar-refractivity contribution >= 4 is 59.7 Å². The summed E-state index contributed by atoms with van der Waals surface area (Å²) in [6.07, 6.45) is 0. The number of aromatic hydroxyl groups is 1. The molecule has 0 radical (unpaired) electrons. The number of hydrogen-bond donors (Lipinski definition) is 4. The van der Waals surface area contributed by atoms with Crippen LogP contribution < -0.4 is 15.6 Å². The predicted molar refractivity (Wildman–Crippen MR) is 119 cm³/mol. The summed E-state index contributed by atoms with van der Waals surface area (Å²) in [7, 11) is -7.99. The molecule has 11 nitrogen and oxygen atoms in total. The first-order valence-electron chi connectivity index (χ1n) is 8.66. The molecule has 0 spiro atoms. The number of azo groups is 1. The predicted octanol–water partition coefficient (Wildman–Crippen LogP) is 2.14. The van der Waals surface area contributed by atoms with E-state index in [0.717, 1.165) is 0 Å². The lowest BCUT2D eigenvalue weighted by atomic mass is 10.2. The number of benzene rings is 2. The van der Waals surface area contributed by atoms with E-state index in [-0.39, 0.29) is 32.2 Å². The zero-order chi connectivity index (χ0) is 23.0. The Balaban J connectivity index is 2.02. The van der Waals surface area contributed by atoms with Crippen molar-refractivity contribution in [3.05, 3.63) is 42.5 Å². The van der Waals surface area contributed by atoms with E-state index in [1.54, 1.807) is 13.0 Å². The van der Waals surface area contributed by atoms with E-state index in [1.807, 2.05) is 0 Å². The summed E-state index contributed by atoms with van der Waals surface area (Å²) in [6.45, 7) is 2.15. The number of nitrogens with two attached hydrogens (primary N) is 2. The molecule has 0 unspecified atom stereocenters. The molecule has 0 saturated carbocycles. The van der Waals surface area contributed by atoms with Crippen LogP contribution in [0.5, 0.6) is 5.88 Å². The van der Waals surface area contributed by atoms with Gasteiger partial charge in [-0.25, -0.2) is 27.1 Å². The van der Waals surface area contributed by atoms with Crippen LogP contribution in [0, 0.1) is 0 Å². The minimum Gasteiger partial charge on any atom is -0.493 e. The first-order valence-corrected chi connectivity index (χ1v) is 12.2. The Hall–Kier alpha value is -2.91. The fourth-order valence-electron chi connectivity index (χ4n) is 2.95. The Kier molecular flexibility index (Phi) is 6.11. The first kappa shape index (κ1) is 22.8. The molecule has 0 atom stereocenters. The molecule has 1 aromatic heterocycles. The van der Waals surface area contributed by atoms with E-state index in [1.165, 1.54) is 41.0 Å². The molecule has 0 saturated heterocycles. The Morgan fingerprint density at radius 3 is 2.42 bits per heavy atom. The monoisotopic (exact) mass is 482 g/mol. The first-order chi connectivity index (χ1) is 14.4. The lowest BCUT2D eigenvalue weighted by molar-refractivity contribution is 0.427. The van der Waals surface area contributed by atoms with E-state index >= 15 is 0 Å². The Bertz CT molecular complexity index is 1430. The van der Waals surface area contributed by atoms with Crippen molar-refractivity contribution in [1.29, 1.82) is 0 Å². The van der Waals surface area contributed by atoms with Crippen molar-refractivity contribution in [3.8, 4) is 5.88 Å². The number of hydrogen-bond acceptors (Lipinski definition) is 7. The van der Waals surface area contributed by atoms with Gasteiger partial charge < -0.3 is 15.0 Å². The second-order valence-corrected chi connectivity index (χ2v) is 9.79. The van der Waals surface area contributed by atoms with Crippen molar-refractivity contribution in [2.75, 3.05) is 5.32 Å². The molecule has 2 aromatic carbocycles. The Labute approximate surface area is 183 Å². The number of primary sulfonamides is 2.